The Morgan fingerprint density at radius 2 is 2.22 bits per heavy atom. The highest BCUT2D eigenvalue weighted by atomic mass is 32.1. The van der Waals surface area contributed by atoms with Gasteiger partial charge >= 0.3 is 5.69 Å². The van der Waals surface area contributed by atoms with Crippen LogP contribution < -0.4 is 11.2 Å². The first kappa shape index (κ1) is 12.8. The zero-order valence-corrected chi connectivity index (χ0v) is 11.0. The summed E-state index contributed by atoms with van der Waals surface area (Å²) in [5, 5.41) is 2.19. The van der Waals surface area contributed by atoms with Crippen molar-refractivity contribution in [2.24, 2.45) is 5.92 Å². The van der Waals surface area contributed by atoms with Crippen LogP contribution in [0.2, 0.25) is 0 Å². The molecule has 0 spiro atoms. The number of hydrogen-bond donors (Lipinski definition) is 1. The van der Waals surface area contributed by atoms with Gasteiger partial charge < -0.3 is 0 Å². The van der Waals surface area contributed by atoms with Crippen molar-refractivity contribution in [3.05, 3.63) is 32.3 Å². The number of aromatic amines is 1. The Kier molecular flexibility index (Phi) is 3.47. The number of ketones is 1. The second-order valence-corrected chi connectivity index (χ2v) is 5.16. The van der Waals surface area contributed by atoms with Crippen molar-refractivity contribution in [2.45, 2.75) is 26.8 Å². The maximum atomic E-state index is 11.9. The molecule has 18 heavy (non-hydrogen) atoms. The van der Waals surface area contributed by atoms with E-state index in [4.69, 9.17) is 0 Å². The number of H-pyrrole nitrogens is 1. The van der Waals surface area contributed by atoms with E-state index in [1.807, 2.05) is 13.8 Å². The number of carbonyl (C=O) groups excluding carboxylic acids is 1. The van der Waals surface area contributed by atoms with Gasteiger partial charge in [-0.15, -0.1) is 11.3 Å². The molecule has 0 aliphatic heterocycles. The van der Waals surface area contributed by atoms with Gasteiger partial charge in [0.2, 0.25) is 0 Å². The molecule has 0 aromatic carbocycles. The maximum absolute atomic E-state index is 11.9. The van der Waals surface area contributed by atoms with Crippen LogP contribution in [0.1, 0.15) is 20.3 Å². The topological polar surface area (TPSA) is 71.9 Å². The number of nitrogens with one attached hydrogen (secondary N) is 1. The summed E-state index contributed by atoms with van der Waals surface area (Å²) in [6, 6.07) is 1.66. The smallest absolute Gasteiger partial charge is 0.297 e. The summed E-state index contributed by atoms with van der Waals surface area (Å²) in [4.78, 5) is 38.0. The minimum absolute atomic E-state index is 0.00125. The second-order valence-electron chi connectivity index (χ2n) is 4.26. The van der Waals surface area contributed by atoms with Crippen LogP contribution in [0.3, 0.4) is 0 Å². The molecule has 0 aliphatic rings. The average molecular weight is 266 g/mol. The molecule has 0 fully saturated rings. The lowest BCUT2D eigenvalue weighted by atomic mass is 10.0. The lowest BCUT2D eigenvalue weighted by molar-refractivity contribution is -0.123. The Morgan fingerprint density at radius 1 is 1.50 bits per heavy atom. The van der Waals surface area contributed by atoms with Crippen LogP contribution in [0.25, 0.3) is 10.2 Å². The number of carbonyl (C=O) groups is 1. The first-order chi connectivity index (χ1) is 8.54. The van der Waals surface area contributed by atoms with Gasteiger partial charge in [0.1, 0.15) is 4.83 Å². The van der Waals surface area contributed by atoms with Gasteiger partial charge in [0.05, 0.1) is 11.9 Å². The van der Waals surface area contributed by atoms with Gasteiger partial charge in [0.15, 0.2) is 5.78 Å². The van der Waals surface area contributed by atoms with E-state index < -0.39 is 11.2 Å². The largest absolute Gasteiger partial charge is 0.329 e. The van der Waals surface area contributed by atoms with Gasteiger partial charge in [-0.1, -0.05) is 13.8 Å². The van der Waals surface area contributed by atoms with E-state index >= 15 is 0 Å². The molecule has 2 rings (SSSR count). The van der Waals surface area contributed by atoms with Crippen LogP contribution >= 0.6 is 11.3 Å². The lowest BCUT2D eigenvalue weighted by Crippen LogP contribution is -2.32. The number of rotatable bonds is 4. The fourth-order valence-corrected chi connectivity index (χ4v) is 2.59. The van der Waals surface area contributed by atoms with E-state index in [1.54, 1.807) is 11.4 Å². The van der Waals surface area contributed by atoms with Crippen molar-refractivity contribution >= 4 is 27.3 Å². The molecule has 6 heteroatoms. The number of Topliss-reactive ketones (excluding diaryl/α,β-unsaturated/α-hetero) is 1. The third-order valence-electron chi connectivity index (χ3n) is 3.08. The number of fused-ring (bicyclic) bond motifs is 1. The Labute approximate surface area is 107 Å². The molecule has 0 radical (unpaired) electrons. The van der Waals surface area contributed by atoms with Crippen LogP contribution in [-0.4, -0.2) is 15.3 Å². The van der Waals surface area contributed by atoms with Crippen molar-refractivity contribution in [1.82, 2.24) is 9.55 Å². The van der Waals surface area contributed by atoms with E-state index in [-0.39, 0.29) is 18.2 Å². The standard InChI is InChI=1S/C12H14N2O3S/c1-3-7(2)9(15)6-14-11-8(4-5-18-11)10(16)13-12(14)17/h4-5,7H,3,6H2,1-2H3,(H,13,16,17). The maximum Gasteiger partial charge on any atom is 0.329 e. The first-order valence-electron chi connectivity index (χ1n) is 5.77. The minimum Gasteiger partial charge on any atom is -0.297 e. The van der Waals surface area contributed by atoms with Crippen molar-refractivity contribution in [2.75, 3.05) is 0 Å². The zero-order valence-electron chi connectivity index (χ0n) is 10.2. The predicted octanol–water partition coefficient (Wildman–Crippen LogP) is 1.37. The number of aromatic nitrogens is 2. The van der Waals surface area contributed by atoms with Gasteiger partial charge in [-0.3, -0.25) is 19.1 Å². The molecule has 1 atom stereocenters. The predicted molar refractivity (Wildman–Crippen MR) is 71.2 cm³/mol. The monoisotopic (exact) mass is 266 g/mol. The summed E-state index contributed by atoms with van der Waals surface area (Å²) >= 11 is 1.29. The summed E-state index contributed by atoms with van der Waals surface area (Å²) in [7, 11) is 0. The Balaban J connectivity index is 2.51. The summed E-state index contributed by atoms with van der Waals surface area (Å²) in [6.07, 6.45) is 0.741. The average Bonchev–Trinajstić information content (AvgIpc) is 2.82. The number of nitrogens with zero attached hydrogens (tertiary/aromatic N) is 1. The third-order valence-corrected chi connectivity index (χ3v) is 4.01. The van der Waals surface area contributed by atoms with Gasteiger partial charge in [0, 0.05) is 5.92 Å². The van der Waals surface area contributed by atoms with Crippen molar-refractivity contribution < 1.29 is 4.79 Å². The highest BCUT2D eigenvalue weighted by Gasteiger charge is 2.15. The van der Waals surface area contributed by atoms with E-state index in [9.17, 15) is 14.4 Å². The highest BCUT2D eigenvalue weighted by Crippen LogP contribution is 2.15. The van der Waals surface area contributed by atoms with Gasteiger partial charge in [-0.25, -0.2) is 4.79 Å². The molecule has 96 valence electrons. The zero-order chi connectivity index (χ0) is 13.3. The number of thiophene rings is 1. The Bertz CT molecular complexity index is 695. The van der Waals surface area contributed by atoms with Crippen LogP contribution in [0.4, 0.5) is 0 Å². The molecule has 0 bridgehead atoms. The van der Waals surface area contributed by atoms with E-state index in [0.29, 0.717) is 10.2 Å². The SMILES string of the molecule is CCC(C)C(=O)Cn1c(=O)[nH]c(=O)c2ccsc21. The van der Waals surface area contributed by atoms with Crippen LogP contribution in [0, 0.1) is 5.92 Å². The molecule has 1 unspecified atom stereocenters. The summed E-state index contributed by atoms with van der Waals surface area (Å²) in [6.45, 7) is 3.78. The van der Waals surface area contributed by atoms with E-state index in [2.05, 4.69) is 4.98 Å². The molecule has 1 N–H and O–H groups in total. The fourth-order valence-electron chi connectivity index (χ4n) is 1.69. The van der Waals surface area contributed by atoms with E-state index in [0.717, 1.165) is 6.42 Å². The highest BCUT2D eigenvalue weighted by molar-refractivity contribution is 7.16. The van der Waals surface area contributed by atoms with Gasteiger partial charge in [-0.05, 0) is 17.9 Å². The molecule has 5 nitrogen and oxygen atoms in total. The third kappa shape index (κ3) is 2.15. The molecule has 0 amide bonds. The van der Waals surface area contributed by atoms with Crippen molar-refractivity contribution in [1.29, 1.82) is 0 Å². The van der Waals surface area contributed by atoms with Crippen LogP contribution in [0.15, 0.2) is 21.0 Å². The summed E-state index contributed by atoms with van der Waals surface area (Å²) in [5.74, 6) is -0.0832. The first-order valence-corrected chi connectivity index (χ1v) is 6.65. The van der Waals surface area contributed by atoms with Crippen LogP contribution in [-0.2, 0) is 11.3 Å². The normalized spacial score (nSPS) is 12.8. The molecule has 0 saturated carbocycles. The van der Waals surface area contributed by atoms with Crippen molar-refractivity contribution in [3.8, 4) is 0 Å². The summed E-state index contributed by atoms with van der Waals surface area (Å²) < 4.78 is 1.34. The molecule has 2 aromatic heterocycles. The summed E-state index contributed by atoms with van der Waals surface area (Å²) in [5.41, 5.74) is -0.921. The lowest BCUT2D eigenvalue weighted by Gasteiger charge is -2.09. The fraction of sp³-hybridized carbons (Fsp3) is 0.417. The quantitative estimate of drug-likeness (QED) is 0.908. The van der Waals surface area contributed by atoms with Crippen LogP contribution in [0.5, 0.6) is 0 Å². The van der Waals surface area contributed by atoms with Gasteiger partial charge in [-0.2, -0.15) is 0 Å². The van der Waals surface area contributed by atoms with Crippen molar-refractivity contribution in [3.63, 3.8) is 0 Å². The molecular weight excluding hydrogens is 252 g/mol. The van der Waals surface area contributed by atoms with Gasteiger partial charge in [0.25, 0.3) is 5.56 Å². The molecule has 0 aliphatic carbocycles. The minimum atomic E-state index is -0.522. The molecule has 2 aromatic rings. The molecular formula is C12H14N2O3S. The second kappa shape index (κ2) is 4.89. The Morgan fingerprint density at radius 3 is 2.89 bits per heavy atom. The van der Waals surface area contributed by atoms with E-state index in [1.165, 1.54) is 15.9 Å². The Hall–Kier alpha value is -1.69. The molecule has 2 heterocycles. The number of hydrogen-bond acceptors (Lipinski definition) is 4. The molecule has 0 saturated heterocycles.